The van der Waals surface area contributed by atoms with Crippen LogP contribution in [0.1, 0.15) is 162 Å². The van der Waals surface area contributed by atoms with Gasteiger partial charge in [-0.05, 0) is 59.0 Å². The van der Waals surface area contributed by atoms with Gasteiger partial charge >= 0.3 is 19.8 Å². The van der Waals surface area contributed by atoms with E-state index in [2.05, 4.69) is 50.3 Å². The highest BCUT2D eigenvalue weighted by Crippen LogP contribution is 2.43. The standard InChI is InChI=1S/C40H74NO8P/c1-5-7-9-11-13-15-17-19-20-21-23-25-27-29-31-33-40(43)49-38(37-48-50(44,45)47-35-34-41(3)4)36-46-39(42)32-30-28-26-24-22-18-16-14-12-10-8-6-2/h7,9,13,15,19-20,38H,5-6,8,10-12,14,16-18,21-37H2,1-4H3,(H,44,45)/b9-7-,15-13-,20-19-. The number of carbonyl (C=O) groups excluding carboxylic acids is 2. The summed E-state index contributed by atoms with van der Waals surface area (Å²) in [6.07, 6.45) is 36.1. The summed E-state index contributed by atoms with van der Waals surface area (Å²) in [6.45, 7) is 4.18. The lowest BCUT2D eigenvalue weighted by atomic mass is 10.0. The number of hydrogen-bond acceptors (Lipinski definition) is 8. The Morgan fingerprint density at radius 3 is 1.70 bits per heavy atom. The Kier molecular flexibility index (Phi) is 34.4. The molecule has 0 bridgehead atoms. The first kappa shape index (κ1) is 48.2. The molecule has 0 amide bonds. The van der Waals surface area contributed by atoms with Crippen molar-refractivity contribution < 1.29 is 37.6 Å². The lowest BCUT2D eigenvalue weighted by Gasteiger charge is -2.20. The molecule has 0 aromatic heterocycles. The number of allylic oxidation sites excluding steroid dienone is 6. The number of phosphoric acid groups is 1. The average Bonchev–Trinajstić information content (AvgIpc) is 3.08. The molecule has 50 heavy (non-hydrogen) atoms. The monoisotopic (exact) mass is 728 g/mol. The molecular formula is C40H74NO8P. The molecule has 0 aliphatic rings. The molecule has 0 saturated carbocycles. The zero-order chi connectivity index (χ0) is 37.0. The molecule has 2 atom stereocenters. The van der Waals surface area contributed by atoms with Crippen LogP contribution in [0.5, 0.6) is 0 Å². The molecule has 0 saturated heterocycles. The molecule has 0 heterocycles. The minimum Gasteiger partial charge on any atom is -0.462 e. The highest BCUT2D eigenvalue weighted by atomic mass is 31.2. The van der Waals surface area contributed by atoms with Crippen molar-refractivity contribution in [1.29, 1.82) is 0 Å². The van der Waals surface area contributed by atoms with Gasteiger partial charge in [-0.2, -0.15) is 0 Å². The molecule has 1 N–H and O–H groups in total. The van der Waals surface area contributed by atoms with Gasteiger partial charge in [0.25, 0.3) is 0 Å². The zero-order valence-electron chi connectivity index (χ0n) is 32.3. The lowest BCUT2D eigenvalue weighted by molar-refractivity contribution is -0.161. The Balaban J connectivity index is 4.37. The van der Waals surface area contributed by atoms with E-state index in [4.69, 9.17) is 18.5 Å². The molecule has 0 spiro atoms. The van der Waals surface area contributed by atoms with Gasteiger partial charge in [0, 0.05) is 19.4 Å². The maximum atomic E-state index is 12.6. The van der Waals surface area contributed by atoms with E-state index in [1.165, 1.54) is 57.8 Å². The van der Waals surface area contributed by atoms with Crippen molar-refractivity contribution in [3.05, 3.63) is 36.5 Å². The molecule has 10 heteroatoms. The van der Waals surface area contributed by atoms with Gasteiger partial charge in [-0.1, -0.05) is 140 Å². The van der Waals surface area contributed by atoms with Gasteiger partial charge in [0.05, 0.1) is 13.2 Å². The lowest BCUT2D eigenvalue weighted by Crippen LogP contribution is -2.29. The van der Waals surface area contributed by atoms with E-state index in [1.54, 1.807) is 0 Å². The summed E-state index contributed by atoms with van der Waals surface area (Å²) in [6, 6.07) is 0. The van der Waals surface area contributed by atoms with Gasteiger partial charge in [0.1, 0.15) is 6.61 Å². The first-order chi connectivity index (χ1) is 24.2. The second kappa shape index (κ2) is 35.6. The van der Waals surface area contributed by atoms with E-state index in [-0.39, 0.29) is 32.0 Å². The largest absolute Gasteiger partial charge is 0.472 e. The summed E-state index contributed by atoms with van der Waals surface area (Å²) in [5.74, 6) is -0.822. The van der Waals surface area contributed by atoms with Gasteiger partial charge in [-0.3, -0.25) is 18.6 Å². The average molecular weight is 728 g/mol. The molecule has 0 rings (SSSR count). The molecule has 0 fully saturated rings. The van der Waals surface area contributed by atoms with Crippen molar-refractivity contribution in [2.24, 2.45) is 0 Å². The first-order valence-electron chi connectivity index (χ1n) is 19.8. The number of esters is 2. The fourth-order valence-electron chi connectivity index (χ4n) is 5.17. The summed E-state index contributed by atoms with van der Waals surface area (Å²) in [4.78, 5) is 36.9. The number of unbranched alkanes of at least 4 members (excludes halogenated alkanes) is 16. The molecule has 0 aliphatic carbocycles. The quantitative estimate of drug-likeness (QED) is 0.0292. The minimum atomic E-state index is -4.36. The number of phosphoric ester groups is 1. The van der Waals surface area contributed by atoms with Crippen LogP contribution < -0.4 is 0 Å². The Morgan fingerprint density at radius 2 is 1.14 bits per heavy atom. The Hall–Kier alpha value is -1.77. The van der Waals surface area contributed by atoms with E-state index < -0.39 is 26.5 Å². The van der Waals surface area contributed by atoms with Crippen LogP contribution in [0.15, 0.2) is 36.5 Å². The summed E-state index contributed by atoms with van der Waals surface area (Å²) < 4.78 is 33.3. The number of likely N-dealkylation sites (N-methyl/N-ethyl adjacent to an activating group) is 1. The van der Waals surface area contributed by atoms with Crippen LogP contribution in [0, 0.1) is 0 Å². The van der Waals surface area contributed by atoms with Crippen LogP contribution in [0.3, 0.4) is 0 Å². The van der Waals surface area contributed by atoms with Crippen molar-refractivity contribution in [3.8, 4) is 0 Å². The second-order valence-corrected chi connectivity index (χ2v) is 14.9. The maximum absolute atomic E-state index is 12.6. The Labute approximate surface area is 306 Å². The van der Waals surface area contributed by atoms with Crippen LogP contribution in [0.2, 0.25) is 0 Å². The zero-order valence-corrected chi connectivity index (χ0v) is 33.2. The van der Waals surface area contributed by atoms with E-state index in [9.17, 15) is 19.0 Å². The summed E-state index contributed by atoms with van der Waals surface area (Å²) in [5.41, 5.74) is 0. The van der Waals surface area contributed by atoms with Crippen molar-refractivity contribution >= 4 is 19.8 Å². The molecule has 9 nitrogen and oxygen atoms in total. The normalized spacial score (nSPS) is 13.9. The van der Waals surface area contributed by atoms with Crippen molar-refractivity contribution in [1.82, 2.24) is 4.90 Å². The number of nitrogens with zero attached hydrogens (tertiary/aromatic N) is 1. The van der Waals surface area contributed by atoms with Gasteiger partial charge in [-0.25, -0.2) is 4.57 Å². The van der Waals surface area contributed by atoms with E-state index >= 15 is 0 Å². The van der Waals surface area contributed by atoms with Crippen LogP contribution in [-0.4, -0.2) is 68.3 Å². The topological polar surface area (TPSA) is 112 Å². The predicted octanol–water partition coefficient (Wildman–Crippen LogP) is 10.8. The second-order valence-electron chi connectivity index (χ2n) is 13.4. The number of carbonyl (C=O) groups is 2. The van der Waals surface area contributed by atoms with Gasteiger partial charge in [-0.15, -0.1) is 0 Å². The Morgan fingerprint density at radius 1 is 0.640 bits per heavy atom. The highest BCUT2D eigenvalue weighted by Gasteiger charge is 2.26. The fourth-order valence-corrected chi connectivity index (χ4v) is 5.91. The van der Waals surface area contributed by atoms with Gasteiger partial charge < -0.3 is 19.3 Å². The van der Waals surface area contributed by atoms with E-state index in [0.29, 0.717) is 13.0 Å². The third kappa shape index (κ3) is 36.0. The van der Waals surface area contributed by atoms with Crippen molar-refractivity contribution in [2.75, 3.05) is 40.5 Å². The molecule has 2 unspecified atom stereocenters. The van der Waals surface area contributed by atoms with Crippen LogP contribution in [0.4, 0.5) is 0 Å². The molecule has 292 valence electrons. The SMILES string of the molecule is CC/C=C\C/C=C\C/C=C\CCCCCCCC(=O)OC(COC(=O)CCCCCCCCCCCCCC)COP(=O)(O)OCCN(C)C. The van der Waals surface area contributed by atoms with E-state index in [1.807, 2.05) is 19.0 Å². The summed E-state index contributed by atoms with van der Waals surface area (Å²) in [7, 11) is -0.719. The smallest absolute Gasteiger partial charge is 0.462 e. The van der Waals surface area contributed by atoms with Crippen molar-refractivity contribution in [2.45, 2.75) is 168 Å². The first-order valence-corrected chi connectivity index (χ1v) is 21.3. The third-order valence-corrected chi connectivity index (χ3v) is 9.20. The number of rotatable bonds is 36. The third-order valence-electron chi connectivity index (χ3n) is 8.21. The molecule has 0 aromatic carbocycles. The number of hydrogen-bond donors (Lipinski definition) is 1. The molecule has 0 aliphatic heterocycles. The highest BCUT2D eigenvalue weighted by molar-refractivity contribution is 7.47. The van der Waals surface area contributed by atoms with Gasteiger partial charge in [0.15, 0.2) is 6.10 Å². The summed E-state index contributed by atoms with van der Waals surface area (Å²) in [5, 5.41) is 0. The Bertz CT molecular complexity index is 936. The predicted molar refractivity (Wildman–Crippen MR) is 206 cm³/mol. The molecule has 0 radical (unpaired) electrons. The van der Waals surface area contributed by atoms with Crippen LogP contribution in [0.25, 0.3) is 0 Å². The van der Waals surface area contributed by atoms with Gasteiger partial charge in [0.2, 0.25) is 0 Å². The van der Waals surface area contributed by atoms with Crippen LogP contribution in [-0.2, 0) is 32.7 Å². The molecular weight excluding hydrogens is 653 g/mol. The van der Waals surface area contributed by atoms with Crippen LogP contribution >= 0.6 is 7.82 Å². The molecule has 0 aromatic rings. The minimum absolute atomic E-state index is 0.00406. The van der Waals surface area contributed by atoms with Crippen molar-refractivity contribution in [3.63, 3.8) is 0 Å². The number of ether oxygens (including phenoxy) is 2. The fraction of sp³-hybridized carbons (Fsp3) is 0.800. The summed E-state index contributed by atoms with van der Waals surface area (Å²) >= 11 is 0. The van der Waals surface area contributed by atoms with E-state index in [0.717, 1.165) is 70.6 Å². The maximum Gasteiger partial charge on any atom is 0.472 e.